The number of nitrogens with zero attached hydrogens (tertiary/aromatic N) is 1. The molecule has 0 unspecified atom stereocenters. The van der Waals surface area contributed by atoms with Crippen LogP contribution in [0.2, 0.25) is 0 Å². The van der Waals surface area contributed by atoms with Gasteiger partial charge in [-0.2, -0.15) is 0 Å². The summed E-state index contributed by atoms with van der Waals surface area (Å²) in [6.07, 6.45) is 3.75. The number of likely N-dealkylation sites (tertiary alicyclic amines) is 1. The molecular weight excluding hydrogens is 304 g/mol. The van der Waals surface area contributed by atoms with E-state index in [2.05, 4.69) is 5.32 Å². The molecule has 1 aromatic rings. The van der Waals surface area contributed by atoms with E-state index in [0.717, 1.165) is 43.4 Å². The number of carbonyl (C=O) groups is 2. The molecule has 24 heavy (non-hydrogen) atoms. The monoisotopic (exact) mass is 330 g/mol. The number of rotatable bonds is 4. The van der Waals surface area contributed by atoms with Crippen LogP contribution < -0.4 is 5.32 Å². The van der Waals surface area contributed by atoms with E-state index in [0.29, 0.717) is 19.6 Å². The quantitative estimate of drug-likeness (QED) is 0.920. The zero-order valence-corrected chi connectivity index (χ0v) is 14.3. The molecule has 1 atom stereocenters. The zero-order valence-electron chi connectivity index (χ0n) is 14.3. The first kappa shape index (κ1) is 17.0. The Balaban J connectivity index is 1.47. The van der Waals surface area contributed by atoms with Crippen LogP contribution in [-0.4, -0.2) is 49.1 Å². The van der Waals surface area contributed by atoms with E-state index < -0.39 is 0 Å². The molecule has 0 radical (unpaired) electrons. The number of nitrogens with one attached hydrogen (secondary N) is 1. The number of hydrogen-bond donors (Lipinski definition) is 1. The van der Waals surface area contributed by atoms with Crippen LogP contribution in [0.1, 0.15) is 41.6 Å². The van der Waals surface area contributed by atoms with Crippen LogP contribution >= 0.6 is 0 Å². The maximum Gasteiger partial charge on any atom is 0.254 e. The van der Waals surface area contributed by atoms with Gasteiger partial charge in [0.1, 0.15) is 0 Å². The Labute approximate surface area is 143 Å². The molecule has 130 valence electrons. The van der Waals surface area contributed by atoms with Gasteiger partial charge in [0.2, 0.25) is 5.91 Å². The summed E-state index contributed by atoms with van der Waals surface area (Å²) in [5, 5.41) is 3.01. The minimum Gasteiger partial charge on any atom is -0.376 e. The minimum atomic E-state index is 0.00678. The van der Waals surface area contributed by atoms with E-state index in [-0.39, 0.29) is 23.8 Å². The third kappa shape index (κ3) is 3.96. The lowest BCUT2D eigenvalue weighted by atomic mass is 9.95. The molecule has 1 aromatic carbocycles. The van der Waals surface area contributed by atoms with Crippen molar-refractivity contribution < 1.29 is 14.3 Å². The number of aryl methyl sites for hydroxylation is 1. The molecule has 0 saturated carbocycles. The van der Waals surface area contributed by atoms with Crippen molar-refractivity contribution in [2.75, 3.05) is 26.2 Å². The van der Waals surface area contributed by atoms with Gasteiger partial charge in [0.15, 0.2) is 0 Å². The summed E-state index contributed by atoms with van der Waals surface area (Å²) in [6.45, 7) is 4.66. The van der Waals surface area contributed by atoms with Gasteiger partial charge in [-0.1, -0.05) is 18.2 Å². The van der Waals surface area contributed by atoms with Gasteiger partial charge >= 0.3 is 0 Å². The van der Waals surface area contributed by atoms with Crippen molar-refractivity contribution in [1.82, 2.24) is 10.2 Å². The largest absolute Gasteiger partial charge is 0.376 e. The smallest absolute Gasteiger partial charge is 0.254 e. The lowest BCUT2D eigenvalue weighted by Gasteiger charge is -2.32. The van der Waals surface area contributed by atoms with Crippen LogP contribution in [0.3, 0.4) is 0 Å². The molecule has 3 rings (SSSR count). The molecule has 2 aliphatic heterocycles. The SMILES string of the molecule is Cc1ccccc1C(=O)N1CCC(C(=O)NC[C@@H]2CCCO2)CC1. The number of piperidine rings is 1. The molecule has 0 aliphatic carbocycles. The number of amides is 2. The first-order valence-corrected chi connectivity index (χ1v) is 8.89. The Morgan fingerprint density at radius 3 is 2.62 bits per heavy atom. The molecule has 2 aliphatic rings. The Morgan fingerprint density at radius 2 is 1.96 bits per heavy atom. The predicted octanol–water partition coefficient (Wildman–Crippen LogP) is 2.14. The van der Waals surface area contributed by atoms with Crippen LogP contribution in [0.5, 0.6) is 0 Å². The first-order valence-electron chi connectivity index (χ1n) is 8.89. The lowest BCUT2D eigenvalue weighted by molar-refractivity contribution is -0.126. The molecule has 2 amide bonds. The van der Waals surface area contributed by atoms with Crippen molar-refractivity contribution in [2.45, 2.75) is 38.7 Å². The van der Waals surface area contributed by atoms with Crippen molar-refractivity contribution >= 4 is 11.8 Å². The van der Waals surface area contributed by atoms with Gasteiger partial charge in [0.25, 0.3) is 5.91 Å². The first-order chi connectivity index (χ1) is 11.6. The minimum absolute atomic E-state index is 0.00678. The van der Waals surface area contributed by atoms with Crippen LogP contribution in [0.25, 0.3) is 0 Å². The number of carbonyl (C=O) groups excluding carboxylic acids is 2. The van der Waals surface area contributed by atoms with Gasteiger partial charge in [-0.25, -0.2) is 0 Å². The normalized spacial score (nSPS) is 21.7. The lowest BCUT2D eigenvalue weighted by Crippen LogP contribution is -2.44. The standard InChI is InChI=1S/C19H26N2O3/c1-14-5-2-3-7-17(14)19(23)21-10-8-15(9-11-21)18(22)20-13-16-6-4-12-24-16/h2-3,5,7,15-16H,4,6,8-13H2,1H3,(H,20,22)/t16-/m0/s1. The highest BCUT2D eigenvalue weighted by molar-refractivity contribution is 5.95. The summed E-state index contributed by atoms with van der Waals surface area (Å²) in [6, 6.07) is 7.67. The highest BCUT2D eigenvalue weighted by atomic mass is 16.5. The summed E-state index contributed by atoms with van der Waals surface area (Å²) in [7, 11) is 0. The molecule has 5 nitrogen and oxygen atoms in total. The van der Waals surface area contributed by atoms with Gasteiger partial charge in [0.05, 0.1) is 6.10 Å². The number of hydrogen-bond acceptors (Lipinski definition) is 3. The molecular formula is C19H26N2O3. The van der Waals surface area contributed by atoms with E-state index in [9.17, 15) is 9.59 Å². The van der Waals surface area contributed by atoms with Gasteiger partial charge in [-0.05, 0) is 44.2 Å². The fraction of sp³-hybridized carbons (Fsp3) is 0.579. The van der Waals surface area contributed by atoms with Crippen molar-refractivity contribution in [3.05, 3.63) is 35.4 Å². The van der Waals surface area contributed by atoms with Crippen LogP contribution in [-0.2, 0) is 9.53 Å². The van der Waals surface area contributed by atoms with E-state index >= 15 is 0 Å². The molecule has 5 heteroatoms. The number of benzene rings is 1. The Hall–Kier alpha value is -1.88. The van der Waals surface area contributed by atoms with Gasteiger partial charge < -0.3 is 15.0 Å². The van der Waals surface area contributed by atoms with Gasteiger partial charge in [-0.15, -0.1) is 0 Å². The molecule has 0 aromatic heterocycles. The summed E-state index contributed by atoms with van der Waals surface area (Å²) < 4.78 is 5.53. The Morgan fingerprint density at radius 1 is 1.21 bits per heavy atom. The molecule has 1 N–H and O–H groups in total. The predicted molar refractivity (Wildman–Crippen MR) is 91.8 cm³/mol. The molecule has 0 spiro atoms. The zero-order chi connectivity index (χ0) is 16.9. The summed E-state index contributed by atoms with van der Waals surface area (Å²) in [5.74, 6) is 0.187. The highest BCUT2D eigenvalue weighted by Gasteiger charge is 2.28. The van der Waals surface area contributed by atoms with E-state index in [1.54, 1.807) is 0 Å². The van der Waals surface area contributed by atoms with Crippen LogP contribution in [0.15, 0.2) is 24.3 Å². The second-order valence-electron chi connectivity index (χ2n) is 6.76. The Bertz CT molecular complexity index is 588. The summed E-state index contributed by atoms with van der Waals surface area (Å²) in [4.78, 5) is 26.8. The average Bonchev–Trinajstić information content (AvgIpc) is 3.13. The summed E-state index contributed by atoms with van der Waals surface area (Å²) in [5.41, 5.74) is 1.76. The van der Waals surface area contributed by atoms with Crippen LogP contribution in [0.4, 0.5) is 0 Å². The molecule has 0 bridgehead atoms. The van der Waals surface area contributed by atoms with Crippen molar-refractivity contribution in [3.8, 4) is 0 Å². The third-order valence-electron chi connectivity index (χ3n) is 5.06. The van der Waals surface area contributed by atoms with E-state index in [1.165, 1.54) is 0 Å². The second kappa shape index (κ2) is 7.79. The van der Waals surface area contributed by atoms with Crippen molar-refractivity contribution in [3.63, 3.8) is 0 Å². The van der Waals surface area contributed by atoms with Crippen molar-refractivity contribution in [1.29, 1.82) is 0 Å². The molecule has 2 saturated heterocycles. The summed E-state index contributed by atoms with van der Waals surface area (Å²) >= 11 is 0. The maximum atomic E-state index is 12.6. The fourth-order valence-corrected chi connectivity index (χ4v) is 3.49. The van der Waals surface area contributed by atoms with Gasteiger partial charge in [0, 0.05) is 37.7 Å². The van der Waals surface area contributed by atoms with Gasteiger partial charge in [-0.3, -0.25) is 9.59 Å². The van der Waals surface area contributed by atoms with E-state index in [4.69, 9.17) is 4.74 Å². The second-order valence-corrected chi connectivity index (χ2v) is 6.76. The third-order valence-corrected chi connectivity index (χ3v) is 5.06. The fourth-order valence-electron chi connectivity index (χ4n) is 3.49. The van der Waals surface area contributed by atoms with Crippen LogP contribution in [0, 0.1) is 12.8 Å². The molecule has 2 heterocycles. The number of ether oxygens (including phenoxy) is 1. The van der Waals surface area contributed by atoms with E-state index in [1.807, 2.05) is 36.1 Å². The average molecular weight is 330 g/mol. The topological polar surface area (TPSA) is 58.6 Å². The Kier molecular flexibility index (Phi) is 5.51. The van der Waals surface area contributed by atoms with Crippen molar-refractivity contribution in [2.24, 2.45) is 5.92 Å². The molecule has 2 fully saturated rings. The maximum absolute atomic E-state index is 12.6. The highest BCUT2D eigenvalue weighted by Crippen LogP contribution is 2.20.